The van der Waals surface area contributed by atoms with Crippen molar-refractivity contribution in [3.8, 4) is 0 Å². The molecule has 0 saturated carbocycles. The summed E-state index contributed by atoms with van der Waals surface area (Å²) in [5.74, 6) is -2.21. The number of halogens is 3. The van der Waals surface area contributed by atoms with Crippen LogP contribution in [0.1, 0.15) is 33.3 Å². The molecule has 1 N–H and O–H groups in total. The molecule has 0 saturated heterocycles. The van der Waals surface area contributed by atoms with Gasteiger partial charge in [0.2, 0.25) is 0 Å². The molecule has 0 heterocycles. The topological polar surface area (TPSA) is 73.9 Å². The minimum Gasteiger partial charge on any atom is -0.457 e. The molecule has 0 bridgehead atoms. The van der Waals surface area contributed by atoms with E-state index in [0.717, 1.165) is 19.2 Å². The van der Waals surface area contributed by atoms with Gasteiger partial charge in [-0.1, -0.05) is 43.3 Å². The molecule has 1 aromatic rings. The van der Waals surface area contributed by atoms with Crippen molar-refractivity contribution in [1.82, 2.24) is 5.32 Å². The summed E-state index contributed by atoms with van der Waals surface area (Å²) < 4.78 is 57.0. The number of alkyl carbamates (subject to hydrolysis) is 1. The Hall–Kier alpha value is -2.55. The third-order valence-corrected chi connectivity index (χ3v) is 4.24. The van der Waals surface area contributed by atoms with E-state index in [9.17, 15) is 22.8 Å². The van der Waals surface area contributed by atoms with Crippen LogP contribution in [0.5, 0.6) is 0 Å². The molecule has 0 aliphatic carbocycles. The molecule has 6 nitrogen and oxygen atoms in total. The summed E-state index contributed by atoms with van der Waals surface area (Å²) >= 11 is 0. The van der Waals surface area contributed by atoms with Crippen LogP contribution in [-0.4, -0.2) is 43.6 Å². The van der Waals surface area contributed by atoms with E-state index >= 15 is 0 Å². The van der Waals surface area contributed by atoms with Gasteiger partial charge in [-0.2, -0.15) is 13.2 Å². The molecular weight excluding hydrogens is 403 g/mol. The number of esters is 1. The summed E-state index contributed by atoms with van der Waals surface area (Å²) in [5.41, 5.74) is -4.51. The molecule has 0 aliphatic rings. The number of carbonyl (C=O) groups excluding carboxylic acids is 2. The highest BCUT2D eigenvalue weighted by atomic mass is 19.4. The Morgan fingerprint density at radius 1 is 1.17 bits per heavy atom. The Labute approximate surface area is 174 Å². The third kappa shape index (κ3) is 6.22. The molecule has 1 amide bonds. The lowest BCUT2D eigenvalue weighted by Gasteiger charge is -2.34. The van der Waals surface area contributed by atoms with Gasteiger partial charge in [0.15, 0.2) is 0 Å². The quantitative estimate of drug-likeness (QED) is 0.489. The number of nitrogens with one attached hydrogen (secondary N) is 1. The van der Waals surface area contributed by atoms with Crippen molar-refractivity contribution >= 4 is 12.1 Å². The lowest BCUT2D eigenvalue weighted by Crippen LogP contribution is -2.53. The number of methoxy groups -OCH3 is 1. The summed E-state index contributed by atoms with van der Waals surface area (Å²) in [7, 11) is 0.784. The first-order valence-electron chi connectivity index (χ1n) is 9.26. The molecule has 0 radical (unpaired) electrons. The first kappa shape index (κ1) is 25.5. The largest absolute Gasteiger partial charge is 0.457 e. The van der Waals surface area contributed by atoms with E-state index in [0.29, 0.717) is 0 Å². The lowest BCUT2D eigenvalue weighted by atomic mass is 9.92. The van der Waals surface area contributed by atoms with E-state index in [1.165, 1.54) is 24.3 Å². The molecule has 1 aromatic carbocycles. The van der Waals surface area contributed by atoms with Crippen LogP contribution in [0.3, 0.4) is 0 Å². The molecule has 168 valence electrons. The highest BCUT2D eigenvalue weighted by molar-refractivity contribution is 5.83. The second kappa shape index (κ2) is 9.97. The van der Waals surface area contributed by atoms with Crippen LogP contribution < -0.4 is 5.32 Å². The average molecular weight is 431 g/mol. The first-order chi connectivity index (χ1) is 13.8. The second-order valence-corrected chi connectivity index (χ2v) is 7.67. The highest BCUT2D eigenvalue weighted by Crippen LogP contribution is 2.43. The van der Waals surface area contributed by atoms with Crippen molar-refractivity contribution in [3.05, 3.63) is 48.6 Å². The smallest absolute Gasteiger partial charge is 0.432 e. The van der Waals surface area contributed by atoms with Crippen LogP contribution in [0.4, 0.5) is 18.0 Å². The number of ether oxygens (including phenoxy) is 3. The molecule has 1 rings (SSSR count). The molecular formula is C21H28F3NO5. The number of alkyl halides is 3. The van der Waals surface area contributed by atoms with Crippen LogP contribution in [0.25, 0.3) is 0 Å². The maximum Gasteiger partial charge on any atom is 0.432 e. The van der Waals surface area contributed by atoms with Crippen LogP contribution >= 0.6 is 0 Å². The fourth-order valence-corrected chi connectivity index (χ4v) is 2.59. The maximum atomic E-state index is 14.0. The van der Waals surface area contributed by atoms with Gasteiger partial charge in [-0.05, 0) is 20.8 Å². The normalized spacial score (nSPS) is 16.0. The van der Waals surface area contributed by atoms with Gasteiger partial charge in [0, 0.05) is 18.6 Å². The van der Waals surface area contributed by atoms with Crippen molar-refractivity contribution in [2.75, 3.05) is 13.7 Å². The zero-order chi connectivity index (χ0) is 23.2. The Bertz CT molecular complexity index is 730. The van der Waals surface area contributed by atoms with Gasteiger partial charge >= 0.3 is 18.2 Å². The molecule has 0 fully saturated rings. The fourth-order valence-electron chi connectivity index (χ4n) is 2.59. The van der Waals surface area contributed by atoms with Gasteiger partial charge < -0.3 is 19.5 Å². The minimum atomic E-state index is -5.10. The third-order valence-electron chi connectivity index (χ3n) is 4.24. The van der Waals surface area contributed by atoms with Gasteiger partial charge in [0.25, 0.3) is 5.60 Å². The van der Waals surface area contributed by atoms with Gasteiger partial charge in [-0.15, -0.1) is 6.58 Å². The van der Waals surface area contributed by atoms with Crippen LogP contribution in [0.2, 0.25) is 0 Å². The fraction of sp³-hybridized carbons (Fsp3) is 0.524. The second-order valence-electron chi connectivity index (χ2n) is 7.67. The highest BCUT2D eigenvalue weighted by Gasteiger charge is 2.64. The minimum absolute atomic E-state index is 0.277. The van der Waals surface area contributed by atoms with E-state index in [1.54, 1.807) is 27.7 Å². The molecule has 9 heteroatoms. The van der Waals surface area contributed by atoms with E-state index < -0.39 is 47.0 Å². The van der Waals surface area contributed by atoms with Gasteiger partial charge in [-0.25, -0.2) is 9.59 Å². The molecule has 0 spiro atoms. The van der Waals surface area contributed by atoms with Gasteiger partial charge in [0.05, 0.1) is 6.54 Å². The Kier molecular flexibility index (Phi) is 8.47. The number of amides is 1. The molecule has 3 atom stereocenters. The van der Waals surface area contributed by atoms with Crippen molar-refractivity contribution in [3.63, 3.8) is 0 Å². The Balaban J connectivity index is 3.15. The van der Waals surface area contributed by atoms with Crippen LogP contribution in [0, 0.1) is 5.92 Å². The zero-order valence-electron chi connectivity index (χ0n) is 17.7. The SMILES string of the molecule is C=C[C@@H](C)[C@H](CNC(=O)OC(C)(C)C)OC(=O)[C@](OC)(c1ccccc1)C(F)(F)F. The summed E-state index contributed by atoms with van der Waals surface area (Å²) in [5, 5.41) is 2.40. The molecule has 0 unspecified atom stereocenters. The number of rotatable bonds is 8. The first-order valence-corrected chi connectivity index (χ1v) is 9.26. The van der Waals surface area contributed by atoms with Gasteiger partial charge in [0.1, 0.15) is 11.7 Å². The van der Waals surface area contributed by atoms with Gasteiger partial charge in [-0.3, -0.25) is 0 Å². The number of benzene rings is 1. The van der Waals surface area contributed by atoms with E-state index in [4.69, 9.17) is 14.2 Å². The van der Waals surface area contributed by atoms with E-state index in [2.05, 4.69) is 11.9 Å². The van der Waals surface area contributed by atoms with Crippen molar-refractivity contribution in [1.29, 1.82) is 0 Å². The summed E-state index contributed by atoms with van der Waals surface area (Å²) in [6.07, 6.45) is -5.63. The number of hydrogen-bond acceptors (Lipinski definition) is 5. The molecule has 0 aliphatic heterocycles. The summed E-state index contributed by atoms with van der Waals surface area (Å²) in [6.45, 7) is 9.87. The standard InChI is InChI=1S/C21H28F3NO5/c1-7-14(2)16(13-25-18(27)30-19(3,4)5)29-17(26)20(28-6,21(22,23)24)15-11-9-8-10-12-15/h7-12,14,16H,1,13H2,2-6H3,(H,25,27)/t14-,16+,20-/m1/s1. The van der Waals surface area contributed by atoms with Crippen molar-refractivity contribution < 1.29 is 37.0 Å². The Morgan fingerprint density at radius 3 is 2.17 bits per heavy atom. The van der Waals surface area contributed by atoms with Crippen LogP contribution in [0.15, 0.2) is 43.0 Å². The maximum absolute atomic E-state index is 14.0. The lowest BCUT2D eigenvalue weighted by molar-refractivity contribution is -0.278. The zero-order valence-corrected chi connectivity index (χ0v) is 17.7. The van der Waals surface area contributed by atoms with E-state index in [-0.39, 0.29) is 6.54 Å². The number of carbonyl (C=O) groups is 2. The predicted molar refractivity (Wildman–Crippen MR) is 105 cm³/mol. The Morgan fingerprint density at radius 2 is 1.73 bits per heavy atom. The summed E-state index contributed by atoms with van der Waals surface area (Å²) in [6, 6.07) is 6.48. The van der Waals surface area contributed by atoms with Crippen molar-refractivity contribution in [2.45, 2.75) is 51.2 Å². The molecule has 0 aromatic heterocycles. The average Bonchev–Trinajstić information content (AvgIpc) is 2.63. The predicted octanol–water partition coefficient (Wildman–Crippen LogP) is 4.35. The van der Waals surface area contributed by atoms with Crippen molar-refractivity contribution in [2.24, 2.45) is 5.92 Å². The number of hydrogen-bond donors (Lipinski definition) is 1. The van der Waals surface area contributed by atoms with E-state index in [1.807, 2.05) is 0 Å². The molecule has 30 heavy (non-hydrogen) atoms. The summed E-state index contributed by atoms with van der Waals surface area (Å²) in [4.78, 5) is 24.7. The van der Waals surface area contributed by atoms with Crippen LogP contribution in [-0.2, 0) is 24.6 Å². The monoisotopic (exact) mass is 431 g/mol.